The number of carbonyl (C=O) groups is 1. The molecule has 1 aliphatic heterocycles. The third-order valence-electron chi connectivity index (χ3n) is 5.23. The second-order valence-electron chi connectivity index (χ2n) is 7.72. The molecule has 1 heterocycles. The molecule has 1 atom stereocenters. The number of nitrogens with one attached hydrogen (secondary N) is 2. The molecule has 2 N–H and O–H groups in total. The van der Waals surface area contributed by atoms with Crippen molar-refractivity contribution in [3.63, 3.8) is 0 Å². The van der Waals surface area contributed by atoms with Crippen LogP contribution >= 0.6 is 24.0 Å². The van der Waals surface area contributed by atoms with Crippen molar-refractivity contribution in [3.05, 3.63) is 35.4 Å². The minimum absolute atomic E-state index is 0. The van der Waals surface area contributed by atoms with Gasteiger partial charge in [-0.25, -0.2) is 0 Å². The zero-order valence-corrected chi connectivity index (χ0v) is 20.7. The lowest BCUT2D eigenvalue weighted by atomic mass is 10.0. The molecule has 164 valence electrons. The topological polar surface area (TPSA) is 60.0 Å². The number of hydrogen-bond donors (Lipinski definition) is 2. The summed E-state index contributed by atoms with van der Waals surface area (Å²) in [5.74, 6) is 0.907. The van der Waals surface area contributed by atoms with E-state index in [0.29, 0.717) is 6.04 Å². The van der Waals surface area contributed by atoms with E-state index >= 15 is 0 Å². The first-order chi connectivity index (χ1) is 13.5. The Labute approximate surface area is 193 Å². The van der Waals surface area contributed by atoms with Gasteiger partial charge in [-0.1, -0.05) is 18.6 Å². The number of likely N-dealkylation sites (tertiary alicyclic amines) is 1. The summed E-state index contributed by atoms with van der Waals surface area (Å²) in [5.41, 5.74) is 1.89. The largest absolute Gasteiger partial charge is 0.357 e. The minimum atomic E-state index is 0. The summed E-state index contributed by atoms with van der Waals surface area (Å²) in [6.45, 7) is 9.06. The highest BCUT2D eigenvalue weighted by Gasteiger charge is 2.17. The summed E-state index contributed by atoms with van der Waals surface area (Å²) in [6, 6.07) is 8.54. The van der Waals surface area contributed by atoms with Crippen molar-refractivity contribution in [3.8, 4) is 0 Å². The van der Waals surface area contributed by atoms with Gasteiger partial charge in [-0.2, -0.15) is 0 Å². The van der Waals surface area contributed by atoms with E-state index in [1.54, 1.807) is 19.0 Å². The summed E-state index contributed by atoms with van der Waals surface area (Å²) in [6.07, 6.45) is 4.81. The Hall–Kier alpha value is -1.35. The summed E-state index contributed by atoms with van der Waals surface area (Å²) >= 11 is 0. The molecule has 1 amide bonds. The molecule has 0 radical (unpaired) electrons. The number of nitrogens with zero attached hydrogens (tertiary/aromatic N) is 3. The van der Waals surface area contributed by atoms with Crippen molar-refractivity contribution in [2.45, 2.75) is 45.6 Å². The third kappa shape index (κ3) is 8.90. The fourth-order valence-electron chi connectivity index (χ4n) is 3.57. The Balaban J connectivity index is 0.00000420. The average Bonchev–Trinajstić information content (AvgIpc) is 2.69. The third-order valence-corrected chi connectivity index (χ3v) is 5.23. The van der Waals surface area contributed by atoms with Gasteiger partial charge >= 0.3 is 0 Å². The van der Waals surface area contributed by atoms with E-state index in [1.165, 1.54) is 25.8 Å². The van der Waals surface area contributed by atoms with Crippen LogP contribution in [0.1, 0.15) is 49.0 Å². The summed E-state index contributed by atoms with van der Waals surface area (Å²) in [5, 5.41) is 6.74. The molecule has 1 unspecified atom stereocenters. The minimum Gasteiger partial charge on any atom is -0.357 e. The SMILES string of the molecule is CCNC(=NCCN1CCCCC1C)NCCc1cccc(C(=O)N(C)C)c1.I. The van der Waals surface area contributed by atoms with E-state index in [4.69, 9.17) is 4.99 Å². The molecule has 1 aromatic carbocycles. The highest BCUT2D eigenvalue weighted by atomic mass is 127. The molecular weight excluding hydrogens is 477 g/mol. The Morgan fingerprint density at radius 3 is 2.76 bits per heavy atom. The van der Waals surface area contributed by atoms with E-state index in [2.05, 4.69) is 35.4 Å². The summed E-state index contributed by atoms with van der Waals surface area (Å²) in [4.78, 5) is 21.0. The van der Waals surface area contributed by atoms with Crippen LogP contribution in [0.4, 0.5) is 0 Å². The van der Waals surface area contributed by atoms with Crippen LogP contribution in [0.5, 0.6) is 0 Å². The van der Waals surface area contributed by atoms with Crippen LogP contribution in [0.3, 0.4) is 0 Å². The predicted molar refractivity (Wildman–Crippen MR) is 132 cm³/mol. The highest BCUT2D eigenvalue weighted by molar-refractivity contribution is 14.0. The molecule has 0 spiro atoms. The van der Waals surface area contributed by atoms with Crippen LogP contribution < -0.4 is 10.6 Å². The van der Waals surface area contributed by atoms with Gasteiger partial charge in [-0.3, -0.25) is 14.7 Å². The van der Waals surface area contributed by atoms with Crippen molar-refractivity contribution in [2.24, 2.45) is 4.99 Å². The van der Waals surface area contributed by atoms with Gasteiger partial charge in [0.05, 0.1) is 6.54 Å². The maximum Gasteiger partial charge on any atom is 0.253 e. The molecule has 1 aliphatic rings. The lowest BCUT2D eigenvalue weighted by Crippen LogP contribution is -2.41. The molecule has 0 aliphatic carbocycles. The molecule has 6 nitrogen and oxygen atoms in total. The van der Waals surface area contributed by atoms with Crippen LogP contribution in [0.2, 0.25) is 0 Å². The van der Waals surface area contributed by atoms with Crippen LogP contribution in [-0.4, -0.2) is 74.5 Å². The van der Waals surface area contributed by atoms with Crippen molar-refractivity contribution in [2.75, 3.05) is 46.8 Å². The van der Waals surface area contributed by atoms with Crippen molar-refractivity contribution in [1.82, 2.24) is 20.4 Å². The average molecular weight is 515 g/mol. The second-order valence-corrected chi connectivity index (χ2v) is 7.72. The molecule has 1 fully saturated rings. The maximum absolute atomic E-state index is 12.1. The zero-order valence-electron chi connectivity index (χ0n) is 18.4. The van der Waals surface area contributed by atoms with Gasteiger partial charge in [0.25, 0.3) is 5.91 Å². The summed E-state index contributed by atoms with van der Waals surface area (Å²) < 4.78 is 0. The first kappa shape index (κ1) is 25.7. The van der Waals surface area contributed by atoms with Gasteiger partial charge in [0.15, 0.2) is 5.96 Å². The van der Waals surface area contributed by atoms with Crippen molar-refractivity contribution >= 4 is 35.8 Å². The molecule has 1 aromatic rings. The molecule has 1 saturated heterocycles. The fourth-order valence-corrected chi connectivity index (χ4v) is 3.57. The van der Waals surface area contributed by atoms with Gasteiger partial charge in [0, 0.05) is 45.3 Å². The van der Waals surface area contributed by atoms with E-state index in [9.17, 15) is 4.79 Å². The van der Waals surface area contributed by atoms with Gasteiger partial charge in [-0.15, -0.1) is 24.0 Å². The van der Waals surface area contributed by atoms with E-state index in [1.807, 2.05) is 18.2 Å². The number of halogens is 1. The molecule has 0 bridgehead atoms. The molecule has 7 heteroatoms. The summed E-state index contributed by atoms with van der Waals surface area (Å²) in [7, 11) is 3.56. The monoisotopic (exact) mass is 515 g/mol. The Morgan fingerprint density at radius 2 is 2.07 bits per heavy atom. The van der Waals surface area contributed by atoms with Gasteiger partial charge in [0.1, 0.15) is 0 Å². The van der Waals surface area contributed by atoms with Crippen LogP contribution in [0, 0.1) is 0 Å². The van der Waals surface area contributed by atoms with Crippen molar-refractivity contribution < 1.29 is 4.79 Å². The quantitative estimate of drug-likeness (QED) is 0.318. The number of benzene rings is 1. The second kappa shape index (κ2) is 13.8. The van der Waals surface area contributed by atoms with Crippen LogP contribution in [-0.2, 0) is 6.42 Å². The smallest absolute Gasteiger partial charge is 0.253 e. The fraction of sp³-hybridized carbons (Fsp3) is 0.636. The number of rotatable bonds is 8. The zero-order chi connectivity index (χ0) is 20.4. The number of amides is 1. The number of aliphatic imine (C=N–C) groups is 1. The number of guanidine groups is 1. The van der Waals surface area contributed by atoms with Crippen LogP contribution in [0.15, 0.2) is 29.3 Å². The lowest BCUT2D eigenvalue weighted by Gasteiger charge is -2.32. The first-order valence-corrected chi connectivity index (χ1v) is 10.6. The van der Waals surface area contributed by atoms with E-state index in [-0.39, 0.29) is 29.9 Å². The Bertz CT molecular complexity index is 650. The van der Waals surface area contributed by atoms with Crippen LogP contribution in [0.25, 0.3) is 0 Å². The Morgan fingerprint density at radius 1 is 1.28 bits per heavy atom. The number of carbonyl (C=O) groups excluding carboxylic acids is 1. The number of piperidine rings is 1. The van der Waals surface area contributed by atoms with E-state index in [0.717, 1.165) is 49.7 Å². The molecule has 29 heavy (non-hydrogen) atoms. The first-order valence-electron chi connectivity index (χ1n) is 10.6. The molecular formula is C22H38IN5O. The maximum atomic E-state index is 12.1. The highest BCUT2D eigenvalue weighted by Crippen LogP contribution is 2.15. The van der Waals surface area contributed by atoms with Gasteiger partial charge in [-0.05, 0) is 57.4 Å². The standard InChI is InChI=1S/C22H37N5O.HI/c1-5-23-22(25-14-16-27-15-7-6-9-18(27)2)24-13-12-19-10-8-11-20(17-19)21(28)26(3)4;/h8,10-11,17-18H,5-7,9,12-16H2,1-4H3,(H2,23,24,25);1H. The molecule has 0 aromatic heterocycles. The Kier molecular flexibility index (Phi) is 12.2. The predicted octanol–water partition coefficient (Wildman–Crippen LogP) is 2.98. The normalized spacial score (nSPS) is 17.4. The van der Waals surface area contributed by atoms with Crippen molar-refractivity contribution in [1.29, 1.82) is 0 Å². The van der Waals surface area contributed by atoms with E-state index < -0.39 is 0 Å². The molecule has 2 rings (SSSR count). The van der Waals surface area contributed by atoms with Gasteiger partial charge in [0.2, 0.25) is 0 Å². The lowest BCUT2D eigenvalue weighted by molar-refractivity contribution is 0.0827. The molecule has 0 saturated carbocycles. The number of hydrogen-bond acceptors (Lipinski definition) is 3. The van der Waals surface area contributed by atoms with Gasteiger partial charge < -0.3 is 15.5 Å².